The van der Waals surface area contributed by atoms with Gasteiger partial charge in [0, 0.05) is 5.69 Å². The largest absolute Gasteiger partial charge is 0.495 e. The van der Waals surface area contributed by atoms with Gasteiger partial charge in [-0.3, -0.25) is 4.79 Å². The van der Waals surface area contributed by atoms with Crippen molar-refractivity contribution in [3.05, 3.63) is 77.2 Å². The molecule has 5 nitrogen and oxygen atoms in total. The second kappa shape index (κ2) is 8.51. The first-order chi connectivity index (χ1) is 13.0. The monoisotopic (exact) mass is 385 g/mol. The third-order valence-electron chi connectivity index (χ3n) is 3.75. The normalized spacial score (nSPS) is 10.3. The number of methoxy groups -OCH3 is 1. The lowest BCUT2D eigenvalue weighted by Gasteiger charge is -2.09. The van der Waals surface area contributed by atoms with Gasteiger partial charge < -0.3 is 15.4 Å². The van der Waals surface area contributed by atoms with Gasteiger partial charge in [0.2, 0.25) is 5.91 Å². The molecule has 0 fully saturated rings. The molecule has 0 aliphatic heterocycles. The summed E-state index contributed by atoms with van der Waals surface area (Å²) in [4.78, 5) is 16.3. The minimum Gasteiger partial charge on any atom is -0.495 e. The van der Waals surface area contributed by atoms with Gasteiger partial charge in [-0.15, -0.1) is 0 Å². The number of ether oxygens (including phenoxy) is 1. The predicted molar refractivity (Wildman–Crippen MR) is 104 cm³/mol. The quantitative estimate of drug-likeness (QED) is 0.639. The smallest absolute Gasteiger partial charge is 0.228 e. The lowest BCUT2D eigenvalue weighted by atomic mass is 10.1. The number of hydrogen-bond donors (Lipinski definition) is 2. The summed E-state index contributed by atoms with van der Waals surface area (Å²) >= 11 is 6.10. The highest BCUT2D eigenvalue weighted by molar-refractivity contribution is 6.32. The summed E-state index contributed by atoms with van der Waals surface area (Å²) in [7, 11) is 1.55. The molecule has 0 aliphatic rings. The van der Waals surface area contributed by atoms with Crippen molar-refractivity contribution < 1.29 is 13.9 Å². The molecule has 0 spiro atoms. The molecule has 27 heavy (non-hydrogen) atoms. The number of nitrogens with zero attached hydrogens (tertiary/aromatic N) is 1. The summed E-state index contributed by atoms with van der Waals surface area (Å²) in [6.45, 7) is 0. The Morgan fingerprint density at radius 2 is 1.85 bits per heavy atom. The van der Waals surface area contributed by atoms with Gasteiger partial charge in [-0.25, -0.2) is 9.37 Å². The molecule has 138 valence electrons. The molecular formula is C20H17ClFN3O2. The van der Waals surface area contributed by atoms with Crippen LogP contribution < -0.4 is 15.4 Å². The van der Waals surface area contributed by atoms with Gasteiger partial charge in [0.05, 0.1) is 30.4 Å². The first-order valence-electron chi connectivity index (χ1n) is 8.14. The minimum absolute atomic E-state index is 0.157. The molecule has 0 saturated heterocycles. The van der Waals surface area contributed by atoms with E-state index in [1.54, 1.807) is 49.7 Å². The van der Waals surface area contributed by atoms with Crippen LogP contribution in [0.2, 0.25) is 5.02 Å². The maximum atomic E-state index is 12.9. The zero-order valence-electron chi connectivity index (χ0n) is 14.5. The van der Waals surface area contributed by atoms with E-state index in [-0.39, 0.29) is 18.1 Å². The number of pyridine rings is 1. The fraction of sp³-hybridized carbons (Fsp3) is 0.100. The molecule has 0 aliphatic carbocycles. The summed E-state index contributed by atoms with van der Waals surface area (Å²) in [5.74, 6) is 0.665. The number of aromatic nitrogens is 1. The number of benzene rings is 2. The lowest BCUT2D eigenvalue weighted by molar-refractivity contribution is -0.115. The number of hydrogen-bond acceptors (Lipinski definition) is 4. The van der Waals surface area contributed by atoms with Crippen molar-refractivity contribution in [3.63, 3.8) is 0 Å². The van der Waals surface area contributed by atoms with E-state index in [9.17, 15) is 9.18 Å². The van der Waals surface area contributed by atoms with Crippen LogP contribution in [0.25, 0.3) is 0 Å². The van der Waals surface area contributed by atoms with Crippen LogP contribution in [-0.2, 0) is 11.2 Å². The summed E-state index contributed by atoms with van der Waals surface area (Å²) in [6, 6.07) is 14.6. The van der Waals surface area contributed by atoms with Gasteiger partial charge in [0.1, 0.15) is 17.4 Å². The van der Waals surface area contributed by atoms with Gasteiger partial charge in [-0.2, -0.15) is 0 Å². The zero-order chi connectivity index (χ0) is 19.2. The fourth-order valence-electron chi connectivity index (χ4n) is 2.43. The average molecular weight is 386 g/mol. The molecule has 0 bridgehead atoms. The van der Waals surface area contributed by atoms with Gasteiger partial charge in [0.15, 0.2) is 0 Å². The molecule has 0 atom stereocenters. The average Bonchev–Trinajstić information content (AvgIpc) is 2.65. The third kappa shape index (κ3) is 5.18. The topological polar surface area (TPSA) is 63.2 Å². The second-order valence-corrected chi connectivity index (χ2v) is 6.17. The molecule has 3 aromatic rings. The summed E-state index contributed by atoms with van der Waals surface area (Å²) < 4.78 is 18.0. The van der Waals surface area contributed by atoms with Crippen LogP contribution in [0, 0.1) is 5.82 Å². The maximum absolute atomic E-state index is 12.9. The minimum atomic E-state index is -0.329. The Labute approximate surface area is 161 Å². The summed E-state index contributed by atoms with van der Waals surface area (Å²) in [5.41, 5.74) is 2.07. The van der Waals surface area contributed by atoms with E-state index in [2.05, 4.69) is 15.6 Å². The van der Waals surface area contributed by atoms with Gasteiger partial charge in [0.25, 0.3) is 0 Å². The van der Waals surface area contributed by atoms with E-state index in [0.29, 0.717) is 22.3 Å². The number of anilines is 3. The summed E-state index contributed by atoms with van der Waals surface area (Å²) in [6.07, 6.45) is 1.71. The van der Waals surface area contributed by atoms with Crippen LogP contribution in [-0.4, -0.2) is 18.0 Å². The van der Waals surface area contributed by atoms with E-state index >= 15 is 0 Å². The van der Waals surface area contributed by atoms with Crippen LogP contribution >= 0.6 is 11.6 Å². The van der Waals surface area contributed by atoms with Crippen molar-refractivity contribution in [1.82, 2.24) is 4.98 Å². The Bertz CT molecular complexity index is 931. The van der Waals surface area contributed by atoms with Crippen LogP contribution in [0.5, 0.6) is 5.75 Å². The Morgan fingerprint density at radius 1 is 1.11 bits per heavy atom. The first-order valence-corrected chi connectivity index (χ1v) is 8.52. The Kier molecular flexibility index (Phi) is 5.88. The number of nitrogens with one attached hydrogen (secondary N) is 2. The number of halogens is 2. The van der Waals surface area contributed by atoms with Crippen molar-refractivity contribution in [3.8, 4) is 5.75 Å². The van der Waals surface area contributed by atoms with Crippen LogP contribution in [0.3, 0.4) is 0 Å². The van der Waals surface area contributed by atoms with Crippen molar-refractivity contribution in [1.29, 1.82) is 0 Å². The van der Waals surface area contributed by atoms with Crippen molar-refractivity contribution in [2.45, 2.75) is 6.42 Å². The summed E-state index contributed by atoms with van der Waals surface area (Å²) in [5, 5.41) is 6.37. The van der Waals surface area contributed by atoms with Crippen LogP contribution in [0.15, 0.2) is 60.8 Å². The molecule has 2 aromatic carbocycles. The molecule has 1 aromatic heterocycles. The van der Waals surface area contributed by atoms with E-state index in [1.807, 2.05) is 6.07 Å². The molecule has 1 amide bonds. The Hall–Kier alpha value is -3.12. The van der Waals surface area contributed by atoms with Gasteiger partial charge >= 0.3 is 0 Å². The van der Waals surface area contributed by atoms with Crippen LogP contribution in [0.1, 0.15) is 5.56 Å². The van der Waals surface area contributed by atoms with E-state index in [1.165, 1.54) is 12.1 Å². The zero-order valence-corrected chi connectivity index (χ0v) is 15.3. The SMILES string of the molecule is COc1ccc(Nc2ccc(NC(=O)Cc3ccc(F)cc3)cn2)cc1Cl. The van der Waals surface area contributed by atoms with Crippen molar-refractivity contribution >= 4 is 34.7 Å². The molecule has 3 rings (SSSR count). The van der Waals surface area contributed by atoms with Crippen molar-refractivity contribution in [2.75, 3.05) is 17.7 Å². The standard InChI is InChI=1S/C20H17ClFN3O2/c1-27-18-8-6-15(11-17(18)21)24-19-9-7-16(12-23-19)25-20(26)10-13-2-4-14(22)5-3-13/h2-9,11-12H,10H2,1H3,(H,23,24)(H,25,26). The maximum Gasteiger partial charge on any atom is 0.228 e. The van der Waals surface area contributed by atoms with E-state index in [4.69, 9.17) is 16.3 Å². The molecule has 0 radical (unpaired) electrons. The third-order valence-corrected chi connectivity index (χ3v) is 4.04. The second-order valence-electron chi connectivity index (χ2n) is 5.76. The molecular weight excluding hydrogens is 369 g/mol. The number of amides is 1. The molecule has 1 heterocycles. The highest BCUT2D eigenvalue weighted by Gasteiger charge is 2.06. The predicted octanol–water partition coefficient (Wildman–Crippen LogP) is 4.81. The lowest BCUT2D eigenvalue weighted by Crippen LogP contribution is -2.14. The Morgan fingerprint density at radius 3 is 2.48 bits per heavy atom. The Balaban J connectivity index is 1.59. The highest BCUT2D eigenvalue weighted by atomic mass is 35.5. The molecule has 0 saturated carbocycles. The first kappa shape index (κ1) is 18.7. The molecule has 7 heteroatoms. The van der Waals surface area contributed by atoms with Gasteiger partial charge in [-0.05, 0) is 48.0 Å². The van der Waals surface area contributed by atoms with Crippen molar-refractivity contribution in [2.24, 2.45) is 0 Å². The molecule has 0 unspecified atom stereocenters. The fourth-order valence-corrected chi connectivity index (χ4v) is 2.68. The van der Waals surface area contributed by atoms with E-state index in [0.717, 1.165) is 11.3 Å². The number of carbonyl (C=O) groups is 1. The number of carbonyl (C=O) groups excluding carboxylic acids is 1. The highest BCUT2D eigenvalue weighted by Crippen LogP contribution is 2.28. The van der Waals surface area contributed by atoms with E-state index < -0.39 is 0 Å². The van der Waals surface area contributed by atoms with Gasteiger partial charge in [-0.1, -0.05) is 23.7 Å². The van der Waals surface area contributed by atoms with Crippen LogP contribution in [0.4, 0.5) is 21.6 Å². The molecule has 2 N–H and O–H groups in total. The number of rotatable bonds is 6.